The third kappa shape index (κ3) is 7.70. The van der Waals surface area contributed by atoms with Gasteiger partial charge in [0, 0.05) is 18.0 Å². The van der Waals surface area contributed by atoms with Crippen molar-refractivity contribution in [2.75, 3.05) is 6.54 Å². The minimum atomic E-state index is -0.262. The first-order valence-corrected chi connectivity index (χ1v) is 12.4. The molecule has 3 rings (SSSR count). The number of allylic oxidation sites excluding steroid dienone is 5. The second-order valence-corrected chi connectivity index (χ2v) is 10.1. The second kappa shape index (κ2) is 12.2. The van der Waals surface area contributed by atoms with Gasteiger partial charge in [0.2, 0.25) is 5.91 Å². The fraction of sp³-hybridized carbons (Fsp3) is 0.367. The second-order valence-electron chi connectivity index (χ2n) is 9.65. The highest BCUT2D eigenvalue weighted by Crippen LogP contribution is 2.45. The first-order valence-electron chi connectivity index (χ1n) is 12.0. The van der Waals surface area contributed by atoms with Crippen molar-refractivity contribution in [2.45, 2.75) is 58.9 Å². The van der Waals surface area contributed by atoms with E-state index in [1.165, 1.54) is 17.7 Å². The molecule has 0 spiro atoms. The van der Waals surface area contributed by atoms with E-state index >= 15 is 0 Å². The smallest absolute Gasteiger partial charge is 0.223 e. The molecule has 0 N–H and O–H groups in total. The van der Waals surface area contributed by atoms with Crippen LogP contribution in [0.2, 0.25) is 5.02 Å². The van der Waals surface area contributed by atoms with E-state index in [2.05, 4.69) is 32.9 Å². The summed E-state index contributed by atoms with van der Waals surface area (Å²) in [6.45, 7) is 8.80. The summed E-state index contributed by atoms with van der Waals surface area (Å²) in [5.41, 5.74) is 4.47. The summed E-state index contributed by atoms with van der Waals surface area (Å²) in [4.78, 5) is 15.8. The number of amides is 1. The minimum absolute atomic E-state index is 0.00233. The molecule has 2 aromatic rings. The lowest BCUT2D eigenvalue weighted by Crippen LogP contribution is -2.38. The van der Waals surface area contributed by atoms with Crippen molar-refractivity contribution in [3.8, 4) is 0 Å². The molecule has 0 saturated heterocycles. The first kappa shape index (κ1) is 26.0. The van der Waals surface area contributed by atoms with Gasteiger partial charge in [-0.05, 0) is 80.8 Å². The van der Waals surface area contributed by atoms with E-state index in [-0.39, 0.29) is 23.7 Å². The molecular weight excluding hydrogens is 445 g/mol. The number of nitrogens with zero attached hydrogens (tertiary/aromatic N) is 1. The van der Waals surface area contributed by atoms with Crippen LogP contribution >= 0.6 is 11.6 Å². The number of benzene rings is 2. The lowest BCUT2D eigenvalue weighted by Gasteiger charge is -2.34. The summed E-state index contributed by atoms with van der Waals surface area (Å²) in [6.07, 6.45) is 10.8. The zero-order valence-electron chi connectivity index (χ0n) is 20.6. The van der Waals surface area contributed by atoms with Crippen LogP contribution in [0, 0.1) is 11.7 Å². The molecule has 180 valence electrons. The first-order chi connectivity index (χ1) is 16.2. The molecule has 1 amide bonds. The molecule has 1 unspecified atom stereocenters. The van der Waals surface area contributed by atoms with E-state index in [0.717, 1.165) is 29.5 Å². The largest absolute Gasteiger partial charge is 0.331 e. The molecule has 0 aromatic heterocycles. The van der Waals surface area contributed by atoms with Gasteiger partial charge in [-0.25, -0.2) is 4.39 Å². The number of halogens is 2. The normalized spacial score (nSPS) is 15.8. The Kier molecular flexibility index (Phi) is 9.29. The quantitative estimate of drug-likeness (QED) is 0.313. The highest BCUT2D eigenvalue weighted by molar-refractivity contribution is 6.30. The third-order valence-corrected chi connectivity index (χ3v) is 6.45. The molecular formula is C30H35ClFNO. The Morgan fingerprint density at radius 1 is 1.00 bits per heavy atom. The van der Waals surface area contributed by atoms with Crippen molar-refractivity contribution < 1.29 is 9.18 Å². The van der Waals surface area contributed by atoms with Crippen LogP contribution in [0.3, 0.4) is 0 Å². The van der Waals surface area contributed by atoms with Gasteiger partial charge in [0.1, 0.15) is 5.82 Å². The van der Waals surface area contributed by atoms with Crippen LogP contribution < -0.4 is 0 Å². The average molecular weight is 480 g/mol. The predicted octanol–water partition coefficient (Wildman–Crippen LogP) is 8.42. The van der Waals surface area contributed by atoms with E-state index in [1.54, 1.807) is 12.1 Å². The number of hydrogen-bond acceptors (Lipinski definition) is 1. The lowest BCUT2D eigenvalue weighted by molar-refractivity contribution is -0.134. The fourth-order valence-corrected chi connectivity index (χ4v) is 4.32. The van der Waals surface area contributed by atoms with Crippen LogP contribution in [0.25, 0.3) is 0 Å². The van der Waals surface area contributed by atoms with Crippen LogP contribution in [-0.2, 0) is 4.79 Å². The molecule has 4 heteroatoms. The lowest BCUT2D eigenvalue weighted by atomic mass is 9.94. The fourth-order valence-electron chi connectivity index (χ4n) is 4.20. The number of rotatable bonds is 10. The van der Waals surface area contributed by atoms with Crippen LogP contribution in [0.1, 0.15) is 70.0 Å². The zero-order valence-corrected chi connectivity index (χ0v) is 21.4. The summed E-state index contributed by atoms with van der Waals surface area (Å²) in [7, 11) is 0. The molecule has 2 aromatic carbocycles. The number of carbonyl (C=O) groups is 1. The maximum Gasteiger partial charge on any atom is 0.223 e. The molecule has 0 aliphatic heterocycles. The van der Waals surface area contributed by atoms with Gasteiger partial charge in [0.25, 0.3) is 0 Å². The Morgan fingerprint density at radius 3 is 2.18 bits per heavy atom. The van der Waals surface area contributed by atoms with Crippen LogP contribution in [0.15, 0.2) is 84.0 Å². The molecule has 1 saturated carbocycles. The highest BCUT2D eigenvalue weighted by Gasteiger charge is 2.38. The van der Waals surface area contributed by atoms with E-state index < -0.39 is 0 Å². The summed E-state index contributed by atoms with van der Waals surface area (Å²) in [5, 5.41) is 0.696. The zero-order chi connectivity index (χ0) is 24.7. The van der Waals surface area contributed by atoms with Gasteiger partial charge in [-0.3, -0.25) is 4.79 Å². The molecule has 1 aliphatic carbocycles. The number of carbonyl (C=O) groups excluding carboxylic acids is 1. The van der Waals surface area contributed by atoms with Crippen LogP contribution in [0.5, 0.6) is 0 Å². The molecule has 2 atom stereocenters. The van der Waals surface area contributed by atoms with E-state index in [1.807, 2.05) is 48.2 Å². The third-order valence-electron chi connectivity index (χ3n) is 6.20. The Balaban J connectivity index is 1.86. The Morgan fingerprint density at radius 2 is 1.59 bits per heavy atom. The molecule has 0 radical (unpaired) electrons. The van der Waals surface area contributed by atoms with Crippen molar-refractivity contribution in [3.63, 3.8) is 0 Å². The standard InChI is InChI=1S/C30H35ClFNO/c1-21(2)7-5-6-8-22(3)20-33(29(34)19-23(4)24-13-17-28(32)18-14-24)30(25-9-10-25)26-11-15-27(31)16-12-26/h5-8,11-18,23,25,30H,9-10,19-20H2,1-4H3/b6-5-,22-8+/t23-,30?/m1/s1. The van der Waals surface area contributed by atoms with Gasteiger partial charge in [-0.2, -0.15) is 0 Å². The van der Waals surface area contributed by atoms with Gasteiger partial charge in [0.05, 0.1) is 6.04 Å². The van der Waals surface area contributed by atoms with E-state index in [4.69, 9.17) is 11.6 Å². The Bertz CT molecular complexity index is 1040. The SMILES string of the molecule is CC(C)=C/C=C\C=C(/C)CN(C(=O)C[C@@H](C)c1ccc(F)cc1)C(c1ccc(Cl)cc1)C1CC1. The maximum atomic E-state index is 13.7. The van der Waals surface area contributed by atoms with Gasteiger partial charge < -0.3 is 4.90 Å². The van der Waals surface area contributed by atoms with Gasteiger partial charge in [-0.15, -0.1) is 0 Å². The average Bonchev–Trinajstić information content (AvgIpc) is 3.63. The predicted molar refractivity (Wildman–Crippen MR) is 140 cm³/mol. The monoisotopic (exact) mass is 479 g/mol. The summed E-state index contributed by atoms with van der Waals surface area (Å²) in [6, 6.07) is 14.4. The molecule has 1 aliphatic rings. The van der Waals surface area contributed by atoms with Crippen molar-refractivity contribution in [3.05, 3.63) is 106 Å². The number of hydrogen-bond donors (Lipinski definition) is 0. The van der Waals surface area contributed by atoms with Crippen LogP contribution in [0.4, 0.5) is 4.39 Å². The van der Waals surface area contributed by atoms with Crippen molar-refractivity contribution in [1.29, 1.82) is 0 Å². The minimum Gasteiger partial charge on any atom is -0.331 e. The van der Waals surface area contributed by atoms with Crippen molar-refractivity contribution in [1.82, 2.24) is 4.90 Å². The highest BCUT2D eigenvalue weighted by atomic mass is 35.5. The van der Waals surface area contributed by atoms with E-state index in [0.29, 0.717) is 23.9 Å². The maximum absolute atomic E-state index is 13.7. The Labute approximate surface area is 208 Å². The van der Waals surface area contributed by atoms with Gasteiger partial charge in [0.15, 0.2) is 0 Å². The summed E-state index contributed by atoms with van der Waals surface area (Å²) < 4.78 is 13.4. The van der Waals surface area contributed by atoms with Crippen LogP contribution in [-0.4, -0.2) is 17.4 Å². The topological polar surface area (TPSA) is 20.3 Å². The van der Waals surface area contributed by atoms with Gasteiger partial charge in [-0.1, -0.05) is 78.2 Å². The van der Waals surface area contributed by atoms with Crippen molar-refractivity contribution >= 4 is 17.5 Å². The molecule has 2 nitrogen and oxygen atoms in total. The van der Waals surface area contributed by atoms with E-state index in [9.17, 15) is 9.18 Å². The molecule has 0 bridgehead atoms. The molecule has 34 heavy (non-hydrogen) atoms. The molecule has 0 heterocycles. The molecule has 1 fully saturated rings. The van der Waals surface area contributed by atoms with Crippen molar-refractivity contribution in [2.24, 2.45) is 5.92 Å². The summed E-state index contributed by atoms with van der Waals surface area (Å²) in [5.74, 6) is 0.315. The summed E-state index contributed by atoms with van der Waals surface area (Å²) >= 11 is 6.15. The van der Waals surface area contributed by atoms with Gasteiger partial charge >= 0.3 is 0 Å². The Hall–Kier alpha value is -2.65.